The number of aromatic nitrogens is 1. The highest BCUT2D eigenvalue weighted by Crippen LogP contribution is 2.28. The Morgan fingerprint density at radius 1 is 1.17 bits per heavy atom. The minimum absolute atomic E-state index is 0.0277. The largest absolute Gasteiger partial charge is 0.481 e. The summed E-state index contributed by atoms with van der Waals surface area (Å²) in [6.45, 7) is 2.70. The van der Waals surface area contributed by atoms with Crippen LogP contribution >= 0.6 is 11.6 Å². The molecule has 0 aliphatic heterocycles. The number of nitrogens with one attached hydrogen (secondary N) is 1. The van der Waals surface area contributed by atoms with E-state index in [1.54, 1.807) is 12.1 Å². The van der Waals surface area contributed by atoms with E-state index in [0.29, 0.717) is 16.6 Å². The highest BCUT2D eigenvalue weighted by molar-refractivity contribution is 7.93. The maximum atomic E-state index is 12.8. The van der Waals surface area contributed by atoms with E-state index in [1.165, 1.54) is 51.4 Å². The van der Waals surface area contributed by atoms with Gasteiger partial charge >= 0.3 is 0 Å². The van der Waals surface area contributed by atoms with Gasteiger partial charge in [-0.25, -0.2) is 13.4 Å². The first-order chi connectivity index (χ1) is 11.2. The number of methoxy groups -OCH3 is 1. The number of rotatable bonds is 5. The fourth-order valence-electron chi connectivity index (χ4n) is 1.89. The molecular formula is C16H17ClN2O4S. The van der Waals surface area contributed by atoms with Crippen LogP contribution in [0.5, 0.6) is 5.88 Å². The molecule has 1 amide bonds. The van der Waals surface area contributed by atoms with Crippen LogP contribution in [0.3, 0.4) is 0 Å². The SMILES string of the molecule is COc1ccc(NC(=O)C(C)(C)S(=O)(=O)c2ccc(Cl)cc2)cn1. The van der Waals surface area contributed by atoms with E-state index in [1.807, 2.05) is 0 Å². The van der Waals surface area contributed by atoms with E-state index in [4.69, 9.17) is 16.3 Å². The van der Waals surface area contributed by atoms with Crippen molar-refractivity contribution >= 4 is 33.0 Å². The molecule has 128 valence electrons. The molecule has 6 nitrogen and oxygen atoms in total. The van der Waals surface area contributed by atoms with Crippen LogP contribution in [0, 0.1) is 0 Å². The molecule has 0 radical (unpaired) electrons. The number of halogens is 1. The predicted octanol–water partition coefficient (Wildman–Crippen LogP) is 2.93. The Morgan fingerprint density at radius 3 is 2.29 bits per heavy atom. The molecule has 1 aromatic heterocycles. The summed E-state index contributed by atoms with van der Waals surface area (Å²) in [5, 5.41) is 2.98. The van der Waals surface area contributed by atoms with Gasteiger partial charge in [-0.05, 0) is 44.2 Å². The van der Waals surface area contributed by atoms with Gasteiger partial charge in [0.05, 0.1) is 23.9 Å². The third-order valence-corrected chi connectivity index (χ3v) is 6.22. The van der Waals surface area contributed by atoms with Gasteiger partial charge in [-0.1, -0.05) is 11.6 Å². The molecule has 0 saturated carbocycles. The standard InChI is InChI=1S/C16H17ClN2O4S/c1-16(2,24(21,22)13-7-4-11(17)5-8-13)15(20)19-12-6-9-14(23-3)18-10-12/h4-10H,1-3H3,(H,19,20). The monoisotopic (exact) mass is 368 g/mol. The van der Waals surface area contributed by atoms with Crippen molar-refractivity contribution in [3.8, 4) is 5.88 Å². The summed E-state index contributed by atoms with van der Waals surface area (Å²) in [7, 11) is -2.43. The van der Waals surface area contributed by atoms with Crippen LogP contribution in [0.4, 0.5) is 5.69 Å². The van der Waals surface area contributed by atoms with Gasteiger partial charge in [0.2, 0.25) is 11.8 Å². The number of sulfone groups is 1. The number of pyridine rings is 1. The van der Waals surface area contributed by atoms with Gasteiger partial charge in [-0.2, -0.15) is 0 Å². The molecule has 1 heterocycles. The average molecular weight is 369 g/mol. The number of benzene rings is 1. The molecule has 0 fully saturated rings. The second-order valence-electron chi connectivity index (χ2n) is 5.51. The Morgan fingerprint density at radius 2 is 1.79 bits per heavy atom. The van der Waals surface area contributed by atoms with Crippen LogP contribution in [0.2, 0.25) is 5.02 Å². The molecule has 2 rings (SSSR count). The summed E-state index contributed by atoms with van der Waals surface area (Å²) in [5.74, 6) is -0.273. The zero-order valence-electron chi connectivity index (χ0n) is 13.4. The number of nitrogens with zero attached hydrogens (tertiary/aromatic N) is 1. The summed E-state index contributed by atoms with van der Waals surface area (Å²) < 4.78 is 28.8. The quantitative estimate of drug-likeness (QED) is 0.876. The number of carbonyl (C=O) groups excluding carboxylic acids is 1. The van der Waals surface area contributed by atoms with Crippen LogP contribution in [0.15, 0.2) is 47.5 Å². The first-order valence-corrected chi connectivity index (χ1v) is 8.86. The first kappa shape index (κ1) is 18.2. The molecule has 2 aromatic rings. The van der Waals surface area contributed by atoms with Gasteiger partial charge in [-0.15, -0.1) is 0 Å². The molecule has 1 aromatic carbocycles. The van der Waals surface area contributed by atoms with Gasteiger partial charge in [0.25, 0.3) is 0 Å². The van der Waals surface area contributed by atoms with Crippen molar-refractivity contribution in [1.29, 1.82) is 0 Å². The average Bonchev–Trinajstić information content (AvgIpc) is 2.55. The molecule has 0 spiro atoms. The number of ether oxygens (including phenoxy) is 1. The summed E-state index contributed by atoms with van der Waals surface area (Å²) in [5.41, 5.74) is 0.375. The lowest BCUT2D eigenvalue weighted by atomic mass is 10.2. The summed E-state index contributed by atoms with van der Waals surface area (Å²) >= 11 is 5.78. The fourth-order valence-corrected chi connectivity index (χ4v) is 3.39. The maximum absolute atomic E-state index is 12.8. The molecule has 24 heavy (non-hydrogen) atoms. The molecule has 8 heteroatoms. The van der Waals surface area contributed by atoms with E-state index >= 15 is 0 Å². The fraction of sp³-hybridized carbons (Fsp3) is 0.250. The van der Waals surface area contributed by atoms with Gasteiger partial charge in [0, 0.05) is 11.1 Å². The molecule has 0 saturated heterocycles. The zero-order chi connectivity index (χ0) is 18.0. The smallest absolute Gasteiger partial charge is 0.245 e. The third kappa shape index (κ3) is 3.52. The molecule has 0 atom stereocenters. The van der Waals surface area contributed by atoms with Crippen molar-refractivity contribution in [3.05, 3.63) is 47.6 Å². The second-order valence-corrected chi connectivity index (χ2v) is 8.45. The van der Waals surface area contributed by atoms with Gasteiger partial charge in [-0.3, -0.25) is 4.79 Å². The van der Waals surface area contributed by atoms with Crippen LogP contribution in [-0.2, 0) is 14.6 Å². The van der Waals surface area contributed by atoms with Gasteiger partial charge < -0.3 is 10.1 Å². The van der Waals surface area contributed by atoms with Crippen LogP contribution in [0.1, 0.15) is 13.8 Å². The summed E-state index contributed by atoms with van der Waals surface area (Å²) in [4.78, 5) is 16.5. The third-order valence-electron chi connectivity index (χ3n) is 3.55. The summed E-state index contributed by atoms with van der Waals surface area (Å²) in [6.07, 6.45) is 1.39. The Hall–Kier alpha value is -2.12. The van der Waals surface area contributed by atoms with Crippen molar-refractivity contribution in [3.63, 3.8) is 0 Å². The molecule has 0 aliphatic rings. The topological polar surface area (TPSA) is 85.4 Å². The summed E-state index contributed by atoms with van der Waals surface area (Å²) in [6, 6.07) is 8.83. The Bertz CT molecular complexity index is 831. The molecule has 0 unspecified atom stereocenters. The molecular weight excluding hydrogens is 352 g/mol. The second kappa shape index (κ2) is 6.78. The van der Waals surface area contributed by atoms with Gasteiger partial charge in [0.15, 0.2) is 9.84 Å². The van der Waals surface area contributed by atoms with E-state index < -0.39 is 20.5 Å². The van der Waals surface area contributed by atoms with Crippen molar-refractivity contribution in [1.82, 2.24) is 4.98 Å². The predicted molar refractivity (Wildman–Crippen MR) is 92.1 cm³/mol. The van der Waals surface area contributed by atoms with Crippen molar-refractivity contribution < 1.29 is 17.9 Å². The van der Waals surface area contributed by atoms with E-state index in [2.05, 4.69) is 10.3 Å². The minimum atomic E-state index is -3.90. The normalized spacial score (nSPS) is 11.8. The lowest BCUT2D eigenvalue weighted by Gasteiger charge is -2.24. The highest BCUT2D eigenvalue weighted by atomic mass is 35.5. The van der Waals surface area contributed by atoms with Gasteiger partial charge in [0.1, 0.15) is 4.75 Å². The number of hydrogen-bond acceptors (Lipinski definition) is 5. The van der Waals surface area contributed by atoms with Crippen LogP contribution in [0.25, 0.3) is 0 Å². The molecule has 0 bridgehead atoms. The van der Waals surface area contributed by atoms with E-state index in [-0.39, 0.29) is 4.90 Å². The van der Waals surface area contributed by atoms with Crippen LogP contribution in [-0.4, -0.2) is 31.2 Å². The number of amides is 1. The van der Waals surface area contributed by atoms with E-state index in [9.17, 15) is 13.2 Å². The number of carbonyl (C=O) groups is 1. The maximum Gasteiger partial charge on any atom is 0.245 e. The Kier molecular flexibility index (Phi) is 5.15. The molecule has 1 N–H and O–H groups in total. The number of anilines is 1. The molecule has 0 aliphatic carbocycles. The highest BCUT2D eigenvalue weighted by Gasteiger charge is 2.42. The van der Waals surface area contributed by atoms with Crippen molar-refractivity contribution in [2.45, 2.75) is 23.5 Å². The Balaban J connectivity index is 2.26. The number of hydrogen-bond donors (Lipinski definition) is 1. The lowest BCUT2D eigenvalue weighted by molar-refractivity contribution is -0.117. The first-order valence-electron chi connectivity index (χ1n) is 7.00. The zero-order valence-corrected chi connectivity index (χ0v) is 15.0. The minimum Gasteiger partial charge on any atom is -0.481 e. The van der Waals surface area contributed by atoms with Crippen molar-refractivity contribution in [2.75, 3.05) is 12.4 Å². The Labute approximate surface area is 145 Å². The van der Waals surface area contributed by atoms with E-state index in [0.717, 1.165) is 0 Å². The van der Waals surface area contributed by atoms with Crippen LogP contribution < -0.4 is 10.1 Å². The van der Waals surface area contributed by atoms with Crippen molar-refractivity contribution in [2.24, 2.45) is 0 Å². The lowest BCUT2D eigenvalue weighted by Crippen LogP contribution is -2.44.